The van der Waals surface area contributed by atoms with Gasteiger partial charge in [-0.05, 0) is 14.0 Å². The molecule has 0 saturated carbocycles. The highest BCUT2D eigenvalue weighted by molar-refractivity contribution is 4.61. The Morgan fingerprint density at radius 1 is 1.71 bits per heavy atom. The average molecular weight is 99.1 g/mol. The van der Waals surface area contributed by atoms with Crippen molar-refractivity contribution in [2.24, 2.45) is 10.2 Å². The maximum Gasteiger partial charge on any atom is 0.121 e. The smallest absolute Gasteiger partial charge is 0.121 e. The van der Waals surface area contributed by atoms with Crippen molar-refractivity contribution in [3.8, 4) is 0 Å². The molecule has 1 unspecified atom stereocenters. The molecule has 1 aliphatic rings. The molecule has 0 bridgehead atoms. The number of rotatable bonds is 0. The molecule has 0 N–H and O–H groups in total. The van der Waals surface area contributed by atoms with Crippen LogP contribution >= 0.6 is 0 Å². The molecule has 0 aromatic carbocycles. The van der Waals surface area contributed by atoms with Gasteiger partial charge >= 0.3 is 0 Å². The minimum absolute atomic E-state index is 0.306. The number of hydrogen-bond donors (Lipinski definition) is 0. The molecule has 1 rings (SSSR count). The van der Waals surface area contributed by atoms with Crippen molar-refractivity contribution in [2.45, 2.75) is 13.1 Å². The minimum Gasteiger partial charge on any atom is -0.263 e. The van der Waals surface area contributed by atoms with E-state index in [4.69, 9.17) is 0 Å². The van der Waals surface area contributed by atoms with Gasteiger partial charge in [0, 0.05) is 0 Å². The van der Waals surface area contributed by atoms with E-state index in [1.807, 2.05) is 14.0 Å². The lowest BCUT2D eigenvalue weighted by Gasteiger charge is -2.07. The molecule has 0 saturated heterocycles. The molecule has 0 aliphatic carbocycles. The summed E-state index contributed by atoms with van der Waals surface area (Å²) < 4.78 is 0. The molecule has 1 heterocycles. The molecule has 0 aromatic heterocycles. The van der Waals surface area contributed by atoms with Crippen molar-refractivity contribution in [2.75, 3.05) is 13.7 Å². The maximum absolute atomic E-state index is 3.87. The van der Waals surface area contributed by atoms with Crippen LogP contribution in [0.15, 0.2) is 10.2 Å². The zero-order chi connectivity index (χ0) is 5.28. The van der Waals surface area contributed by atoms with Crippen molar-refractivity contribution >= 4 is 0 Å². The Kier molecular flexibility index (Phi) is 1.06. The summed E-state index contributed by atoms with van der Waals surface area (Å²) in [7, 11) is 2.00. The molecule has 0 amide bonds. The zero-order valence-corrected chi connectivity index (χ0v) is 4.63. The second-order valence-electron chi connectivity index (χ2n) is 1.79. The molecule has 0 radical (unpaired) electrons. The van der Waals surface area contributed by atoms with E-state index < -0.39 is 0 Å². The van der Waals surface area contributed by atoms with Crippen molar-refractivity contribution in [3.63, 3.8) is 0 Å². The van der Waals surface area contributed by atoms with Crippen molar-refractivity contribution in [1.82, 2.24) is 4.90 Å². The first-order chi connectivity index (χ1) is 3.30. The number of azo groups is 1. The van der Waals surface area contributed by atoms with Crippen molar-refractivity contribution < 1.29 is 0 Å². The Bertz CT molecular complexity index is 88.9. The van der Waals surface area contributed by atoms with Crippen LogP contribution in [-0.2, 0) is 0 Å². The van der Waals surface area contributed by atoms with Crippen LogP contribution < -0.4 is 0 Å². The van der Waals surface area contributed by atoms with E-state index in [0.717, 1.165) is 6.67 Å². The highest BCUT2D eigenvalue weighted by Crippen LogP contribution is 2.04. The van der Waals surface area contributed by atoms with Crippen LogP contribution in [0.4, 0.5) is 0 Å². The minimum atomic E-state index is 0.306. The predicted octanol–water partition coefficient (Wildman–Crippen LogP) is 0.688. The first kappa shape index (κ1) is 4.71. The topological polar surface area (TPSA) is 28.0 Å². The van der Waals surface area contributed by atoms with Crippen molar-refractivity contribution in [1.29, 1.82) is 0 Å². The average Bonchev–Trinajstić information content (AvgIpc) is 1.91. The van der Waals surface area contributed by atoms with Gasteiger partial charge in [0.1, 0.15) is 12.8 Å². The van der Waals surface area contributed by atoms with Gasteiger partial charge in [-0.15, -0.1) is 0 Å². The molecular weight excluding hydrogens is 90.1 g/mol. The molecular formula is C4H9N3. The summed E-state index contributed by atoms with van der Waals surface area (Å²) in [5, 5.41) is 7.66. The Balaban J connectivity index is 2.45. The Morgan fingerprint density at radius 3 is 2.57 bits per heavy atom. The molecule has 0 spiro atoms. The third-order valence-electron chi connectivity index (χ3n) is 1.17. The zero-order valence-electron chi connectivity index (χ0n) is 4.63. The molecule has 1 atom stereocenters. The van der Waals surface area contributed by atoms with E-state index in [1.54, 1.807) is 0 Å². The SMILES string of the molecule is CC1N=NCN1C. The Hall–Kier alpha value is -0.440. The van der Waals surface area contributed by atoms with Crippen LogP contribution in [0.1, 0.15) is 6.92 Å². The molecule has 1 aliphatic heterocycles. The Labute approximate surface area is 43.0 Å². The number of nitrogens with zero attached hydrogens (tertiary/aromatic N) is 3. The summed E-state index contributed by atoms with van der Waals surface area (Å²) in [6, 6.07) is 0. The molecule has 3 nitrogen and oxygen atoms in total. The summed E-state index contributed by atoms with van der Waals surface area (Å²) >= 11 is 0. The summed E-state index contributed by atoms with van der Waals surface area (Å²) in [5.74, 6) is 0. The van der Waals surface area contributed by atoms with E-state index in [-0.39, 0.29) is 0 Å². The van der Waals surface area contributed by atoms with E-state index in [1.165, 1.54) is 0 Å². The van der Waals surface area contributed by atoms with Gasteiger partial charge in [0.2, 0.25) is 0 Å². The monoisotopic (exact) mass is 99.1 g/mol. The third kappa shape index (κ3) is 0.771. The quantitative estimate of drug-likeness (QED) is 0.439. The van der Waals surface area contributed by atoms with E-state index in [0.29, 0.717) is 6.17 Å². The fraction of sp³-hybridized carbons (Fsp3) is 1.00. The van der Waals surface area contributed by atoms with Crippen LogP contribution in [0.2, 0.25) is 0 Å². The molecule has 0 aromatic rings. The highest BCUT2D eigenvalue weighted by Gasteiger charge is 2.10. The lowest BCUT2D eigenvalue weighted by molar-refractivity contribution is 0.319. The molecule has 3 heteroatoms. The lowest BCUT2D eigenvalue weighted by Crippen LogP contribution is -2.21. The van der Waals surface area contributed by atoms with Crippen LogP contribution in [0.3, 0.4) is 0 Å². The first-order valence-corrected chi connectivity index (χ1v) is 2.37. The van der Waals surface area contributed by atoms with E-state index in [2.05, 4.69) is 15.1 Å². The van der Waals surface area contributed by atoms with Crippen LogP contribution in [0.25, 0.3) is 0 Å². The predicted molar refractivity (Wildman–Crippen MR) is 26.9 cm³/mol. The van der Waals surface area contributed by atoms with E-state index in [9.17, 15) is 0 Å². The second kappa shape index (κ2) is 1.58. The Morgan fingerprint density at radius 2 is 2.43 bits per heavy atom. The fourth-order valence-corrected chi connectivity index (χ4v) is 0.461. The lowest BCUT2D eigenvalue weighted by atomic mass is 10.6. The van der Waals surface area contributed by atoms with Gasteiger partial charge in [-0.25, -0.2) is 0 Å². The number of hydrogen-bond acceptors (Lipinski definition) is 3. The summed E-state index contributed by atoms with van der Waals surface area (Å²) in [4.78, 5) is 2.07. The molecule has 40 valence electrons. The van der Waals surface area contributed by atoms with Gasteiger partial charge in [0.05, 0.1) is 0 Å². The standard InChI is InChI=1S/C4H9N3/c1-4-6-5-3-7(4)2/h4H,3H2,1-2H3. The first-order valence-electron chi connectivity index (χ1n) is 2.37. The maximum atomic E-state index is 3.87. The van der Waals surface area contributed by atoms with Crippen LogP contribution in [-0.4, -0.2) is 24.8 Å². The second-order valence-corrected chi connectivity index (χ2v) is 1.79. The normalized spacial score (nSPS) is 32.0. The van der Waals surface area contributed by atoms with Gasteiger partial charge in [-0.2, -0.15) is 10.2 Å². The van der Waals surface area contributed by atoms with Gasteiger partial charge in [0.25, 0.3) is 0 Å². The third-order valence-corrected chi connectivity index (χ3v) is 1.17. The van der Waals surface area contributed by atoms with Gasteiger partial charge in [0.15, 0.2) is 0 Å². The van der Waals surface area contributed by atoms with Crippen molar-refractivity contribution in [3.05, 3.63) is 0 Å². The van der Waals surface area contributed by atoms with Gasteiger partial charge in [-0.3, -0.25) is 4.90 Å². The van der Waals surface area contributed by atoms with Crippen LogP contribution in [0.5, 0.6) is 0 Å². The fourth-order valence-electron chi connectivity index (χ4n) is 0.461. The molecule has 0 fully saturated rings. The molecule has 7 heavy (non-hydrogen) atoms. The van der Waals surface area contributed by atoms with Crippen LogP contribution in [0, 0.1) is 0 Å². The summed E-state index contributed by atoms with van der Waals surface area (Å²) in [6.45, 7) is 2.79. The summed E-state index contributed by atoms with van der Waals surface area (Å²) in [6.07, 6.45) is 0.306. The van der Waals surface area contributed by atoms with Gasteiger partial charge in [-0.1, -0.05) is 0 Å². The summed E-state index contributed by atoms with van der Waals surface area (Å²) in [5.41, 5.74) is 0. The van der Waals surface area contributed by atoms with Gasteiger partial charge < -0.3 is 0 Å². The largest absolute Gasteiger partial charge is 0.263 e. The van der Waals surface area contributed by atoms with E-state index >= 15 is 0 Å². The highest BCUT2D eigenvalue weighted by atomic mass is 15.4.